The van der Waals surface area contributed by atoms with Gasteiger partial charge in [0.25, 0.3) is 0 Å². The summed E-state index contributed by atoms with van der Waals surface area (Å²) in [5, 5.41) is 85.7. The number of rotatable bonds is 38. The number of nitrogens with two attached hydrogens (primary N) is 1. The predicted octanol–water partition coefficient (Wildman–Crippen LogP) is -3.12. The Morgan fingerprint density at radius 3 is 1.59 bits per heavy atom. The van der Waals surface area contributed by atoms with Gasteiger partial charge in [0.15, 0.2) is 0 Å². The molecule has 30 heteroatoms. The van der Waals surface area contributed by atoms with Gasteiger partial charge in [0.2, 0.25) is 53.2 Å². The number of benzene rings is 2. The van der Waals surface area contributed by atoms with E-state index in [-0.39, 0.29) is 76.4 Å². The smallest absolute Gasteiger partial charge is 0.326 e. The number of nitrogens with zero attached hydrogens (tertiary/aromatic N) is 2. The molecule has 2 saturated heterocycles. The van der Waals surface area contributed by atoms with Crippen LogP contribution < -0.4 is 43.0 Å². The average molecular weight is 1260 g/mol. The third-order valence-corrected chi connectivity index (χ3v) is 16.0. The molecule has 2 fully saturated rings. The first-order valence-corrected chi connectivity index (χ1v) is 30.2. The number of carboxylic acid groups (broad SMARTS) is 3. The molecule has 2 aromatic carbocycles. The Labute approximate surface area is 513 Å². The minimum atomic E-state index is -1.96. The Bertz CT molecular complexity index is 2710. The molecule has 0 saturated carbocycles. The maximum absolute atomic E-state index is 14.7. The van der Waals surface area contributed by atoms with E-state index in [2.05, 4.69) is 37.2 Å². The molecule has 0 radical (unpaired) electrons. The second-order valence-electron chi connectivity index (χ2n) is 22.2. The third kappa shape index (κ3) is 23.8. The molecule has 2 aromatic rings. The number of aliphatic carboxylic acids is 3. The number of unbranched alkanes of at least 4 members (excludes halogenated alkanes) is 2. The number of amides is 9. The minimum Gasteiger partial charge on any atom is -0.481 e. The van der Waals surface area contributed by atoms with E-state index in [1.165, 1.54) is 0 Å². The van der Waals surface area contributed by atoms with Crippen LogP contribution >= 0.6 is 11.8 Å². The van der Waals surface area contributed by atoms with Crippen molar-refractivity contribution in [1.29, 1.82) is 0 Å². The molecule has 2 aliphatic heterocycles. The number of thioether (sulfide) groups is 1. The molecule has 0 aromatic heterocycles. The lowest BCUT2D eigenvalue weighted by Gasteiger charge is -2.43. The van der Waals surface area contributed by atoms with Crippen molar-refractivity contribution >= 4 is 82.8 Å². The molecule has 0 bridgehead atoms. The zero-order valence-corrected chi connectivity index (χ0v) is 50.2. The average Bonchev–Trinajstić information content (AvgIpc) is 2.92. The molecule has 0 spiro atoms. The molecule has 88 heavy (non-hydrogen) atoms. The minimum absolute atomic E-state index is 0.0163. The molecule has 12 atom stereocenters. The zero-order valence-electron chi connectivity index (χ0n) is 49.4. The second kappa shape index (κ2) is 36.6. The first-order chi connectivity index (χ1) is 41.7. The predicted molar refractivity (Wildman–Crippen MR) is 316 cm³/mol. The van der Waals surface area contributed by atoms with Crippen LogP contribution in [0.25, 0.3) is 0 Å². The van der Waals surface area contributed by atoms with Crippen molar-refractivity contribution in [2.75, 3.05) is 38.5 Å². The Kier molecular flexibility index (Phi) is 30.3. The Hall–Kier alpha value is -7.61. The molecule has 2 aliphatic rings. The second-order valence-corrected chi connectivity index (χ2v) is 23.4. The van der Waals surface area contributed by atoms with Crippen molar-refractivity contribution in [3.63, 3.8) is 0 Å². The lowest BCUT2D eigenvalue weighted by atomic mass is 9.94. The van der Waals surface area contributed by atoms with Crippen molar-refractivity contribution in [2.24, 2.45) is 11.7 Å². The molecular formula is C58H84N10O19S. The summed E-state index contributed by atoms with van der Waals surface area (Å²) < 4.78 is 0. The number of carboxylic acids is 3. The maximum Gasteiger partial charge on any atom is 0.326 e. The Morgan fingerprint density at radius 2 is 1.09 bits per heavy atom. The highest BCUT2D eigenvalue weighted by atomic mass is 32.2. The van der Waals surface area contributed by atoms with Gasteiger partial charge < -0.3 is 78.7 Å². The van der Waals surface area contributed by atoms with Gasteiger partial charge in [-0.05, 0) is 75.1 Å². The van der Waals surface area contributed by atoms with Crippen molar-refractivity contribution in [2.45, 2.75) is 170 Å². The van der Waals surface area contributed by atoms with Gasteiger partial charge in [-0.25, -0.2) is 4.79 Å². The van der Waals surface area contributed by atoms with Gasteiger partial charge in [-0.3, -0.25) is 62.5 Å². The van der Waals surface area contributed by atoms with E-state index in [9.17, 15) is 93.3 Å². The highest BCUT2D eigenvalue weighted by Crippen LogP contribution is 2.27. The molecule has 486 valence electrons. The standard InChI is InChI=1S/C58H84N10O19S/c1-32(2)24-41(58(86)87)66-52(80)37(19-20-47(73)74)62-55(83)40(27-48(75)76)65-51(79)36(18-10-11-21-59)61-53(81)38(25-34-14-6-4-7-15-34)63-54(82)39(26-35-16-8-5-9-17-35)64-56(84)42(60-33(3)70)31-88-45-28-46(72)68(57(45)85)23-13-12-22-67-29-44(71)50(78)49(77)43(67)30-69/h4-9,14-17,32,36-45,49-50,69,71,77-78H,10-13,18-31,59H2,1-3H3,(H,60,70)(H,61,81)(H,62,83)(H,63,82)(H,64,84)(H,65,79)(H,66,80)(H,73,74)(H,75,76)(H,86,87)/t36?,37?,38?,39?,40?,41?,42?,43-,44-,45?,49-,50-/m1/s1. The third-order valence-electron chi connectivity index (χ3n) is 14.7. The summed E-state index contributed by atoms with van der Waals surface area (Å²) in [5.74, 6) is -12.7. The summed E-state index contributed by atoms with van der Waals surface area (Å²) in [6.45, 7) is 4.47. The fourth-order valence-electron chi connectivity index (χ4n) is 10.0. The summed E-state index contributed by atoms with van der Waals surface area (Å²) in [6, 6.07) is 4.92. The van der Waals surface area contributed by atoms with E-state index in [0.717, 1.165) is 23.6 Å². The number of hydrogen-bond acceptors (Lipinski definition) is 19. The molecular weight excluding hydrogens is 1170 g/mol. The number of imide groups is 1. The number of piperidine rings is 1. The molecule has 9 amide bonds. The van der Waals surface area contributed by atoms with Crippen molar-refractivity contribution in [1.82, 2.24) is 47.0 Å². The van der Waals surface area contributed by atoms with E-state index < -0.39 is 169 Å². The lowest BCUT2D eigenvalue weighted by Crippen LogP contribution is -2.62. The van der Waals surface area contributed by atoms with Crippen LogP contribution in [0.2, 0.25) is 0 Å². The van der Waals surface area contributed by atoms with E-state index in [1.807, 2.05) is 0 Å². The number of aliphatic hydroxyl groups is 4. The Morgan fingerprint density at radius 1 is 0.602 bits per heavy atom. The summed E-state index contributed by atoms with van der Waals surface area (Å²) in [6.07, 6.45) is -5.97. The van der Waals surface area contributed by atoms with Crippen molar-refractivity contribution in [3.05, 3.63) is 71.8 Å². The number of β-amino-alcohol motifs (C(OH)–C–C–N with tert-alkyl or cyclic N) is 1. The van der Waals surface area contributed by atoms with Gasteiger partial charge in [-0.2, -0.15) is 0 Å². The monoisotopic (exact) mass is 1260 g/mol. The number of carbonyl (C=O) groups is 12. The Balaban J connectivity index is 1.55. The highest BCUT2D eigenvalue weighted by Gasteiger charge is 2.43. The highest BCUT2D eigenvalue weighted by molar-refractivity contribution is 8.00. The van der Waals surface area contributed by atoms with Gasteiger partial charge in [-0.15, -0.1) is 11.8 Å². The molecule has 16 N–H and O–H groups in total. The van der Waals surface area contributed by atoms with Crippen molar-refractivity contribution < 1.29 is 93.3 Å². The molecule has 2 heterocycles. The van der Waals surface area contributed by atoms with Gasteiger partial charge in [0, 0.05) is 51.4 Å². The van der Waals surface area contributed by atoms with Crippen LogP contribution in [0.5, 0.6) is 0 Å². The molecule has 29 nitrogen and oxygen atoms in total. The van der Waals surface area contributed by atoms with Crippen LogP contribution in [0, 0.1) is 5.92 Å². The van der Waals surface area contributed by atoms with E-state index >= 15 is 0 Å². The molecule has 4 rings (SSSR count). The zero-order chi connectivity index (χ0) is 65.2. The fourth-order valence-corrected chi connectivity index (χ4v) is 11.2. The van der Waals surface area contributed by atoms with Crippen molar-refractivity contribution in [3.8, 4) is 0 Å². The van der Waals surface area contributed by atoms with Crippen LogP contribution in [-0.4, -0.2) is 227 Å². The van der Waals surface area contributed by atoms with Crippen LogP contribution in [0.15, 0.2) is 60.7 Å². The number of hydrogen-bond donors (Lipinski definition) is 15. The quantitative estimate of drug-likeness (QED) is 0.0234. The maximum atomic E-state index is 14.7. The summed E-state index contributed by atoms with van der Waals surface area (Å²) in [4.78, 5) is 163. The lowest BCUT2D eigenvalue weighted by molar-refractivity contribution is -0.145. The SMILES string of the molecule is CC(=O)NC(CSC1CC(=O)N(CCCCN2C[C@@H](O)[C@@H](O)[C@H](O)[C@H]2CO)C1=O)C(=O)NC(Cc1ccccc1)C(=O)NC(Cc1ccccc1)C(=O)NC(CCCCN)C(=O)NC(CC(=O)O)C(=O)NC(CCC(=O)O)C(=O)NC(CC(C)C)C(=O)O. The number of likely N-dealkylation sites (tertiary alicyclic amines) is 2. The van der Waals surface area contributed by atoms with E-state index in [0.29, 0.717) is 30.4 Å². The first-order valence-electron chi connectivity index (χ1n) is 29.1. The van der Waals surface area contributed by atoms with E-state index in [4.69, 9.17) is 5.73 Å². The van der Waals surface area contributed by atoms with Gasteiger partial charge in [-0.1, -0.05) is 74.5 Å². The number of nitrogens with one attached hydrogen (secondary N) is 7. The van der Waals surface area contributed by atoms with Crippen LogP contribution in [0.4, 0.5) is 0 Å². The van der Waals surface area contributed by atoms with E-state index in [1.54, 1.807) is 79.4 Å². The summed E-state index contributed by atoms with van der Waals surface area (Å²) in [5.41, 5.74) is 6.83. The van der Waals surface area contributed by atoms with Gasteiger partial charge in [0.1, 0.15) is 54.5 Å². The molecule has 8 unspecified atom stereocenters. The van der Waals surface area contributed by atoms with Crippen LogP contribution in [0.3, 0.4) is 0 Å². The van der Waals surface area contributed by atoms with Crippen LogP contribution in [0.1, 0.15) is 96.1 Å². The normalized spacial score (nSPS) is 20.1. The molecule has 0 aliphatic carbocycles. The van der Waals surface area contributed by atoms with Gasteiger partial charge in [0.05, 0.1) is 30.4 Å². The summed E-state index contributed by atoms with van der Waals surface area (Å²) in [7, 11) is 0. The number of aliphatic hydroxyl groups excluding tert-OH is 4. The van der Waals surface area contributed by atoms with Gasteiger partial charge >= 0.3 is 17.9 Å². The number of carbonyl (C=O) groups excluding carboxylic acids is 9. The topological polar surface area (TPSA) is 463 Å². The summed E-state index contributed by atoms with van der Waals surface area (Å²) >= 11 is 0.932. The van der Waals surface area contributed by atoms with Crippen LogP contribution in [-0.2, 0) is 70.4 Å². The largest absolute Gasteiger partial charge is 0.481 e. The fraction of sp³-hybridized carbons (Fsp3) is 0.586. The first kappa shape index (κ1) is 72.9.